The highest BCUT2D eigenvalue weighted by Crippen LogP contribution is 2.12. The van der Waals surface area contributed by atoms with E-state index in [0.717, 1.165) is 17.0 Å². The van der Waals surface area contributed by atoms with Crippen LogP contribution >= 0.6 is 11.3 Å². The van der Waals surface area contributed by atoms with Gasteiger partial charge in [0.25, 0.3) is 0 Å². The standard InChI is InChI=1S/C10H16N2OS/c1-4-7(2)12-10(13)5-9-8(3)11-6-14-9/h6-7H,4-5H2,1-3H3,(H,12,13). The summed E-state index contributed by atoms with van der Waals surface area (Å²) < 4.78 is 0. The van der Waals surface area contributed by atoms with E-state index in [1.54, 1.807) is 16.8 Å². The molecule has 1 rings (SSSR count). The van der Waals surface area contributed by atoms with Gasteiger partial charge in [0.1, 0.15) is 0 Å². The number of carbonyl (C=O) groups excluding carboxylic acids is 1. The molecule has 0 saturated heterocycles. The Morgan fingerprint density at radius 1 is 1.71 bits per heavy atom. The Morgan fingerprint density at radius 2 is 2.43 bits per heavy atom. The van der Waals surface area contributed by atoms with E-state index >= 15 is 0 Å². The van der Waals surface area contributed by atoms with Crippen LogP contribution in [0.3, 0.4) is 0 Å². The monoisotopic (exact) mass is 212 g/mol. The summed E-state index contributed by atoms with van der Waals surface area (Å²) in [7, 11) is 0. The number of hydrogen-bond donors (Lipinski definition) is 1. The molecule has 0 bridgehead atoms. The Kier molecular flexibility index (Phi) is 4.07. The molecule has 0 saturated carbocycles. The molecule has 1 N–H and O–H groups in total. The largest absolute Gasteiger partial charge is 0.353 e. The van der Waals surface area contributed by atoms with Crippen molar-refractivity contribution in [3.8, 4) is 0 Å². The van der Waals surface area contributed by atoms with Gasteiger partial charge in [-0.1, -0.05) is 6.92 Å². The number of hydrogen-bond acceptors (Lipinski definition) is 3. The highest BCUT2D eigenvalue weighted by molar-refractivity contribution is 7.09. The molecule has 0 aliphatic rings. The third-order valence-corrected chi connectivity index (χ3v) is 3.12. The SMILES string of the molecule is CCC(C)NC(=O)Cc1scnc1C. The van der Waals surface area contributed by atoms with Gasteiger partial charge in [-0.2, -0.15) is 0 Å². The molecular formula is C10H16N2OS. The van der Waals surface area contributed by atoms with Gasteiger partial charge in [-0.3, -0.25) is 4.79 Å². The summed E-state index contributed by atoms with van der Waals surface area (Å²) in [5, 5.41) is 2.94. The van der Waals surface area contributed by atoms with Crippen molar-refractivity contribution in [2.45, 2.75) is 39.7 Å². The van der Waals surface area contributed by atoms with E-state index in [-0.39, 0.29) is 11.9 Å². The average Bonchev–Trinajstić information content (AvgIpc) is 2.51. The van der Waals surface area contributed by atoms with Crippen molar-refractivity contribution in [1.82, 2.24) is 10.3 Å². The quantitative estimate of drug-likeness (QED) is 0.828. The van der Waals surface area contributed by atoms with Gasteiger partial charge in [-0.15, -0.1) is 11.3 Å². The summed E-state index contributed by atoms with van der Waals surface area (Å²) in [6, 6.07) is 0.260. The average molecular weight is 212 g/mol. The minimum absolute atomic E-state index is 0.0895. The van der Waals surface area contributed by atoms with Crippen LogP contribution in [0.1, 0.15) is 30.8 Å². The Bertz CT molecular complexity index is 309. The van der Waals surface area contributed by atoms with Crippen LogP contribution < -0.4 is 5.32 Å². The van der Waals surface area contributed by atoms with Crippen molar-refractivity contribution in [1.29, 1.82) is 0 Å². The fourth-order valence-electron chi connectivity index (χ4n) is 1.07. The van der Waals surface area contributed by atoms with E-state index in [4.69, 9.17) is 0 Å². The smallest absolute Gasteiger partial charge is 0.225 e. The first-order valence-electron chi connectivity index (χ1n) is 4.81. The molecular weight excluding hydrogens is 196 g/mol. The number of rotatable bonds is 4. The molecule has 0 aliphatic heterocycles. The molecule has 1 unspecified atom stereocenters. The lowest BCUT2D eigenvalue weighted by Crippen LogP contribution is -2.33. The van der Waals surface area contributed by atoms with Crippen LogP contribution in [0.4, 0.5) is 0 Å². The van der Waals surface area contributed by atoms with E-state index in [2.05, 4.69) is 17.2 Å². The lowest BCUT2D eigenvalue weighted by atomic mass is 10.2. The number of aromatic nitrogens is 1. The number of amides is 1. The van der Waals surface area contributed by atoms with Gasteiger partial charge in [0.2, 0.25) is 5.91 Å². The van der Waals surface area contributed by atoms with Crippen LogP contribution in [0.15, 0.2) is 5.51 Å². The van der Waals surface area contributed by atoms with Gasteiger partial charge in [0.15, 0.2) is 0 Å². The molecule has 1 amide bonds. The van der Waals surface area contributed by atoms with Crippen molar-refractivity contribution >= 4 is 17.2 Å². The molecule has 0 aromatic carbocycles. The van der Waals surface area contributed by atoms with Gasteiger partial charge in [-0.25, -0.2) is 4.98 Å². The van der Waals surface area contributed by atoms with E-state index in [9.17, 15) is 4.79 Å². The number of nitrogens with zero attached hydrogens (tertiary/aromatic N) is 1. The van der Waals surface area contributed by atoms with E-state index < -0.39 is 0 Å². The molecule has 1 heterocycles. The zero-order valence-electron chi connectivity index (χ0n) is 8.83. The number of nitrogens with one attached hydrogen (secondary N) is 1. The summed E-state index contributed by atoms with van der Waals surface area (Å²) in [4.78, 5) is 16.7. The summed E-state index contributed by atoms with van der Waals surface area (Å²) >= 11 is 1.54. The van der Waals surface area contributed by atoms with Crippen LogP contribution in [0.2, 0.25) is 0 Å². The lowest BCUT2D eigenvalue weighted by molar-refractivity contribution is -0.121. The number of carbonyl (C=O) groups is 1. The molecule has 0 aliphatic carbocycles. The van der Waals surface area contributed by atoms with Gasteiger partial charge >= 0.3 is 0 Å². The maximum atomic E-state index is 11.5. The molecule has 1 aromatic rings. The second kappa shape index (κ2) is 5.10. The van der Waals surface area contributed by atoms with Crippen molar-refractivity contribution in [3.05, 3.63) is 16.1 Å². The predicted molar refractivity (Wildman–Crippen MR) is 58.5 cm³/mol. The normalized spacial score (nSPS) is 12.5. The molecule has 0 spiro atoms. The Morgan fingerprint density at radius 3 is 2.93 bits per heavy atom. The lowest BCUT2D eigenvalue weighted by Gasteiger charge is -2.10. The minimum Gasteiger partial charge on any atom is -0.353 e. The number of thiazole rings is 1. The van der Waals surface area contributed by atoms with Crippen LogP contribution in [-0.2, 0) is 11.2 Å². The fraction of sp³-hybridized carbons (Fsp3) is 0.600. The van der Waals surface area contributed by atoms with Crippen LogP contribution in [-0.4, -0.2) is 16.9 Å². The maximum Gasteiger partial charge on any atom is 0.225 e. The Hall–Kier alpha value is -0.900. The summed E-state index contributed by atoms with van der Waals surface area (Å²) in [6.07, 6.45) is 1.42. The van der Waals surface area contributed by atoms with Crippen molar-refractivity contribution < 1.29 is 4.79 Å². The second-order valence-corrected chi connectivity index (χ2v) is 4.35. The first-order chi connectivity index (χ1) is 6.63. The molecule has 0 radical (unpaired) electrons. The predicted octanol–water partition coefficient (Wildman–Crippen LogP) is 1.91. The zero-order chi connectivity index (χ0) is 10.6. The Balaban J connectivity index is 2.45. The van der Waals surface area contributed by atoms with Gasteiger partial charge < -0.3 is 5.32 Å². The molecule has 1 atom stereocenters. The molecule has 78 valence electrons. The van der Waals surface area contributed by atoms with Gasteiger partial charge in [0.05, 0.1) is 17.6 Å². The molecule has 3 nitrogen and oxygen atoms in total. The molecule has 1 aromatic heterocycles. The highest BCUT2D eigenvalue weighted by Gasteiger charge is 2.09. The third kappa shape index (κ3) is 3.10. The molecule has 0 fully saturated rings. The minimum atomic E-state index is 0.0895. The van der Waals surface area contributed by atoms with Crippen molar-refractivity contribution in [3.63, 3.8) is 0 Å². The van der Waals surface area contributed by atoms with Crippen molar-refractivity contribution in [2.24, 2.45) is 0 Å². The van der Waals surface area contributed by atoms with E-state index in [1.165, 1.54) is 0 Å². The first kappa shape index (κ1) is 11.2. The molecule has 14 heavy (non-hydrogen) atoms. The summed E-state index contributed by atoms with van der Waals surface area (Å²) in [5.74, 6) is 0.0895. The number of aryl methyl sites for hydroxylation is 1. The topological polar surface area (TPSA) is 42.0 Å². The summed E-state index contributed by atoms with van der Waals surface area (Å²) in [6.45, 7) is 6.00. The van der Waals surface area contributed by atoms with E-state index in [1.807, 2.05) is 13.8 Å². The van der Waals surface area contributed by atoms with Gasteiger partial charge in [-0.05, 0) is 20.3 Å². The zero-order valence-corrected chi connectivity index (χ0v) is 9.65. The second-order valence-electron chi connectivity index (χ2n) is 3.41. The van der Waals surface area contributed by atoms with Gasteiger partial charge in [0, 0.05) is 10.9 Å². The Labute approximate surface area is 88.6 Å². The van der Waals surface area contributed by atoms with E-state index in [0.29, 0.717) is 6.42 Å². The molecule has 4 heteroatoms. The highest BCUT2D eigenvalue weighted by atomic mass is 32.1. The first-order valence-corrected chi connectivity index (χ1v) is 5.69. The maximum absolute atomic E-state index is 11.5. The fourth-order valence-corrected chi connectivity index (χ4v) is 1.85. The van der Waals surface area contributed by atoms with Crippen LogP contribution in [0.5, 0.6) is 0 Å². The summed E-state index contributed by atoms with van der Waals surface area (Å²) in [5.41, 5.74) is 2.75. The third-order valence-electron chi connectivity index (χ3n) is 2.19. The van der Waals surface area contributed by atoms with Crippen molar-refractivity contribution in [2.75, 3.05) is 0 Å². The van der Waals surface area contributed by atoms with Crippen LogP contribution in [0.25, 0.3) is 0 Å². The van der Waals surface area contributed by atoms with Crippen LogP contribution in [0, 0.1) is 6.92 Å².